The van der Waals surface area contributed by atoms with E-state index in [9.17, 15) is 27.9 Å². The summed E-state index contributed by atoms with van der Waals surface area (Å²) < 4.78 is 46.7. The van der Waals surface area contributed by atoms with Gasteiger partial charge in [0, 0.05) is 14.3 Å². The number of Topliss-reactive ketones (excluding diaryl/α,β-unsaturated/α-hetero) is 1. The number of rotatable bonds is 6. The summed E-state index contributed by atoms with van der Waals surface area (Å²) in [6, 6.07) is 14.9. The lowest BCUT2D eigenvalue weighted by molar-refractivity contribution is -0.137. The zero-order chi connectivity index (χ0) is 24.1. The molecule has 34 heavy (non-hydrogen) atoms. The van der Waals surface area contributed by atoms with E-state index in [4.69, 9.17) is 4.74 Å². The molecule has 1 fully saturated rings. The number of benzene rings is 3. The van der Waals surface area contributed by atoms with Crippen LogP contribution in [0.15, 0.2) is 60.7 Å². The Bertz CT molecular complexity index is 1310. The molecule has 0 saturated heterocycles. The van der Waals surface area contributed by atoms with Crippen molar-refractivity contribution >= 4 is 11.8 Å². The molecular formula is C27H23F3O4. The molecule has 0 unspecified atom stereocenters. The number of hydrogen-bond donors (Lipinski definition) is 1. The molecule has 0 bridgehead atoms. The predicted molar refractivity (Wildman–Crippen MR) is 121 cm³/mol. The first-order chi connectivity index (χ1) is 16.2. The van der Waals surface area contributed by atoms with Gasteiger partial charge in [-0.25, -0.2) is 4.79 Å². The van der Waals surface area contributed by atoms with Crippen LogP contribution in [0, 0.1) is 0 Å². The molecule has 3 aromatic carbocycles. The zero-order valence-corrected chi connectivity index (χ0v) is 18.1. The van der Waals surface area contributed by atoms with Crippen LogP contribution < -0.4 is 4.74 Å². The van der Waals surface area contributed by atoms with Crippen LogP contribution >= 0.6 is 0 Å². The molecule has 5 rings (SSSR count). The van der Waals surface area contributed by atoms with E-state index in [0.717, 1.165) is 29.4 Å². The van der Waals surface area contributed by atoms with Crippen molar-refractivity contribution in [1.29, 1.82) is 0 Å². The average molecular weight is 468 g/mol. The van der Waals surface area contributed by atoms with E-state index in [1.165, 1.54) is 36.4 Å². The van der Waals surface area contributed by atoms with Gasteiger partial charge in [0.25, 0.3) is 0 Å². The SMILES string of the molecule is O=C(O)c1cccc(-c2cc(CC(=O)C3(c4ccc5c(c4)CCO5)CC3)ccc2C(F)(F)F)c1.[HH]. The Morgan fingerprint density at radius 1 is 1.03 bits per heavy atom. The number of hydrogen-bond acceptors (Lipinski definition) is 3. The second-order valence-electron chi connectivity index (χ2n) is 8.87. The molecule has 0 aromatic heterocycles. The van der Waals surface area contributed by atoms with Gasteiger partial charge in [0.1, 0.15) is 11.5 Å². The number of carbonyl (C=O) groups is 2. The molecule has 1 saturated carbocycles. The number of ketones is 1. The molecule has 0 radical (unpaired) electrons. The van der Waals surface area contributed by atoms with Crippen LogP contribution in [0.2, 0.25) is 0 Å². The zero-order valence-electron chi connectivity index (χ0n) is 18.1. The first-order valence-electron chi connectivity index (χ1n) is 11.0. The molecule has 0 atom stereocenters. The standard InChI is InChI=1S/C27H21F3O4.H2/c28-27(29,30)22-6-4-16(12-21(22)17-2-1-3-19(14-17)25(32)33)13-24(31)26(9-10-26)20-5-7-23-18(15-20)8-11-34-23;/h1-7,12,14-15H,8-11,13H2,(H,32,33);1H. The fourth-order valence-corrected chi connectivity index (χ4v) is 4.70. The van der Waals surface area contributed by atoms with Gasteiger partial charge in [-0.05, 0) is 64.9 Å². The van der Waals surface area contributed by atoms with Gasteiger partial charge in [-0.2, -0.15) is 13.2 Å². The molecule has 3 aromatic rings. The number of alkyl halides is 3. The van der Waals surface area contributed by atoms with Gasteiger partial charge < -0.3 is 9.84 Å². The lowest BCUT2D eigenvalue weighted by Gasteiger charge is -2.18. The number of carbonyl (C=O) groups excluding carboxylic acids is 1. The minimum absolute atomic E-state index is 0. The summed E-state index contributed by atoms with van der Waals surface area (Å²) in [4.78, 5) is 24.7. The molecule has 0 amide bonds. The molecule has 1 aliphatic carbocycles. The largest absolute Gasteiger partial charge is 0.493 e. The van der Waals surface area contributed by atoms with Crippen molar-refractivity contribution in [2.45, 2.75) is 37.3 Å². The molecule has 4 nitrogen and oxygen atoms in total. The maximum Gasteiger partial charge on any atom is 0.417 e. The van der Waals surface area contributed by atoms with Gasteiger partial charge in [0.2, 0.25) is 0 Å². The number of carboxylic acid groups (broad SMARTS) is 1. The summed E-state index contributed by atoms with van der Waals surface area (Å²) in [6.45, 7) is 0.622. The Morgan fingerprint density at radius 2 is 1.82 bits per heavy atom. The van der Waals surface area contributed by atoms with Crippen LogP contribution in [0.4, 0.5) is 13.2 Å². The highest BCUT2D eigenvalue weighted by atomic mass is 19.4. The number of aromatic carboxylic acids is 1. The van der Waals surface area contributed by atoms with E-state index in [-0.39, 0.29) is 30.3 Å². The third-order valence-electron chi connectivity index (χ3n) is 6.70. The smallest absolute Gasteiger partial charge is 0.417 e. The second-order valence-corrected chi connectivity index (χ2v) is 8.87. The predicted octanol–water partition coefficient (Wildman–Crippen LogP) is 6.09. The highest BCUT2D eigenvalue weighted by Crippen LogP contribution is 2.51. The van der Waals surface area contributed by atoms with Gasteiger partial charge in [-0.1, -0.05) is 36.4 Å². The van der Waals surface area contributed by atoms with Crippen molar-refractivity contribution in [3.05, 3.63) is 88.5 Å². The number of fused-ring (bicyclic) bond motifs is 1. The number of carboxylic acids is 1. The summed E-state index contributed by atoms with van der Waals surface area (Å²) in [7, 11) is 0. The first kappa shape index (κ1) is 22.2. The highest BCUT2D eigenvalue weighted by Gasteiger charge is 2.50. The molecule has 1 heterocycles. The number of ether oxygens (including phenoxy) is 1. The Labute approximate surface area is 195 Å². The Balaban J connectivity index is 0.00000289. The topological polar surface area (TPSA) is 63.6 Å². The van der Waals surface area contributed by atoms with E-state index >= 15 is 0 Å². The Kier molecular flexibility index (Phi) is 5.23. The summed E-state index contributed by atoms with van der Waals surface area (Å²) in [5.41, 5.74) is 0.889. The van der Waals surface area contributed by atoms with E-state index in [1.54, 1.807) is 0 Å². The van der Waals surface area contributed by atoms with Crippen LogP contribution in [0.5, 0.6) is 5.75 Å². The maximum absolute atomic E-state index is 13.7. The molecule has 1 aliphatic heterocycles. The van der Waals surface area contributed by atoms with Crippen molar-refractivity contribution in [3.63, 3.8) is 0 Å². The van der Waals surface area contributed by atoms with E-state index in [1.807, 2.05) is 18.2 Å². The second kappa shape index (κ2) is 8.01. The summed E-state index contributed by atoms with van der Waals surface area (Å²) in [5.74, 6) is -0.420. The Hall–Kier alpha value is -3.61. The monoisotopic (exact) mass is 468 g/mol. The van der Waals surface area contributed by atoms with Gasteiger partial charge >= 0.3 is 12.1 Å². The maximum atomic E-state index is 13.7. The van der Waals surface area contributed by atoms with Gasteiger partial charge in [0.15, 0.2) is 0 Å². The first-order valence-corrected chi connectivity index (χ1v) is 11.0. The molecule has 2 aliphatic rings. The van der Waals surface area contributed by atoms with Crippen molar-refractivity contribution in [1.82, 2.24) is 0 Å². The third kappa shape index (κ3) is 3.95. The molecule has 1 N–H and O–H groups in total. The summed E-state index contributed by atoms with van der Waals surface area (Å²) >= 11 is 0. The van der Waals surface area contributed by atoms with Gasteiger partial charge in [0.05, 0.1) is 23.1 Å². The molecular weight excluding hydrogens is 445 g/mol. The molecule has 0 spiro atoms. The van der Waals surface area contributed by atoms with Gasteiger partial charge in [-0.15, -0.1) is 0 Å². The van der Waals surface area contributed by atoms with E-state index in [0.29, 0.717) is 25.0 Å². The van der Waals surface area contributed by atoms with Crippen molar-refractivity contribution in [2.24, 2.45) is 0 Å². The van der Waals surface area contributed by atoms with Crippen LogP contribution in [0.25, 0.3) is 11.1 Å². The lowest BCUT2D eigenvalue weighted by atomic mass is 9.86. The van der Waals surface area contributed by atoms with E-state index in [2.05, 4.69) is 0 Å². The summed E-state index contributed by atoms with van der Waals surface area (Å²) in [5, 5.41) is 9.25. The van der Waals surface area contributed by atoms with Crippen molar-refractivity contribution < 1.29 is 34.0 Å². The Morgan fingerprint density at radius 3 is 2.53 bits per heavy atom. The fraction of sp³-hybridized carbons (Fsp3) is 0.259. The minimum atomic E-state index is -4.62. The third-order valence-corrected chi connectivity index (χ3v) is 6.70. The van der Waals surface area contributed by atoms with Crippen molar-refractivity contribution in [2.75, 3.05) is 6.61 Å². The van der Waals surface area contributed by atoms with Gasteiger partial charge in [-0.3, -0.25) is 4.79 Å². The minimum Gasteiger partial charge on any atom is -0.493 e. The normalized spacial score (nSPS) is 16.0. The van der Waals surface area contributed by atoms with Crippen LogP contribution in [0.3, 0.4) is 0 Å². The van der Waals surface area contributed by atoms with Crippen LogP contribution in [-0.2, 0) is 29.2 Å². The van der Waals surface area contributed by atoms with Crippen molar-refractivity contribution in [3.8, 4) is 16.9 Å². The average Bonchev–Trinajstić information content (AvgIpc) is 3.49. The quantitative estimate of drug-likeness (QED) is 0.475. The highest BCUT2D eigenvalue weighted by molar-refractivity contribution is 5.95. The molecule has 176 valence electrons. The van der Waals surface area contributed by atoms with Crippen LogP contribution in [-0.4, -0.2) is 23.5 Å². The molecule has 7 heteroatoms. The summed E-state index contributed by atoms with van der Waals surface area (Å²) in [6.07, 6.45) is -2.41. The number of halogens is 3. The van der Waals surface area contributed by atoms with E-state index < -0.39 is 23.1 Å². The fourth-order valence-electron chi connectivity index (χ4n) is 4.70. The lowest BCUT2D eigenvalue weighted by Crippen LogP contribution is -2.22. The van der Waals surface area contributed by atoms with Crippen LogP contribution in [0.1, 0.15) is 46.9 Å².